The minimum atomic E-state index is -0.0962. The van der Waals surface area contributed by atoms with Crippen molar-refractivity contribution in [1.29, 1.82) is 0 Å². The standard InChI is InChI=1S/C39H35NO/c1-38(2)21-20-30-28(23-38)24-39(3,4)36-33-18-15-26(22-27(33)16-19-34(30)36)32-17-14-25-10-8-9-13-31(25)35(32)37(41)40-29-11-6-5-7-12-29/h5-22H,23-24H2,1-4H3,(H,40,41). The third-order valence-corrected chi connectivity index (χ3v) is 8.89. The number of hydrogen-bond donors (Lipinski definition) is 1. The number of amides is 1. The smallest absolute Gasteiger partial charge is 0.256 e. The van der Waals surface area contributed by atoms with Gasteiger partial charge in [0, 0.05) is 5.69 Å². The molecule has 0 spiro atoms. The first kappa shape index (κ1) is 25.5. The molecule has 2 aliphatic carbocycles. The molecule has 5 aromatic rings. The van der Waals surface area contributed by atoms with Crippen molar-refractivity contribution in [1.82, 2.24) is 0 Å². The van der Waals surface area contributed by atoms with Gasteiger partial charge in [0.2, 0.25) is 0 Å². The van der Waals surface area contributed by atoms with Crippen molar-refractivity contribution >= 4 is 38.7 Å². The highest BCUT2D eigenvalue weighted by Gasteiger charge is 2.36. The second-order valence-corrected chi connectivity index (χ2v) is 13.0. The molecule has 0 radical (unpaired) electrons. The van der Waals surface area contributed by atoms with Crippen LogP contribution in [0, 0.1) is 5.41 Å². The maximum absolute atomic E-state index is 13.8. The zero-order valence-corrected chi connectivity index (χ0v) is 24.2. The van der Waals surface area contributed by atoms with E-state index >= 15 is 0 Å². The molecular weight excluding hydrogens is 498 g/mol. The fourth-order valence-corrected chi connectivity index (χ4v) is 7.11. The second kappa shape index (κ2) is 9.31. The molecule has 0 aromatic heterocycles. The van der Waals surface area contributed by atoms with Crippen LogP contribution in [0.4, 0.5) is 5.69 Å². The Kier molecular flexibility index (Phi) is 5.80. The normalized spacial score (nSPS) is 16.9. The number of para-hydroxylation sites is 1. The molecule has 0 saturated heterocycles. The molecule has 0 atom stereocenters. The summed E-state index contributed by atoms with van der Waals surface area (Å²) in [6.45, 7) is 9.45. The van der Waals surface area contributed by atoms with Gasteiger partial charge in [0.1, 0.15) is 0 Å². The van der Waals surface area contributed by atoms with Crippen LogP contribution in [0.15, 0.2) is 115 Å². The predicted molar refractivity (Wildman–Crippen MR) is 173 cm³/mol. The molecular formula is C39H35NO. The van der Waals surface area contributed by atoms with Crippen LogP contribution in [0.1, 0.15) is 62.0 Å². The summed E-state index contributed by atoms with van der Waals surface area (Å²) in [4.78, 5) is 13.8. The van der Waals surface area contributed by atoms with Crippen LogP contribution in [0.2, 0.25) is 0 Å². The second-order valence-electron chi connectivity index (χ2n) is 13.0. The number of carbonyl (C=O) groups excluding carboxylic acids is 1. The molecule has 2 heteroatoms. The topological polar surface area (TPSA) is 29.1 Å². The van der Waals surface area contributed by atoms with Gasteiger partial charge >= 0.3 is 0 Å². The van der Waals surface area contributed by atoms with Crippen molar-refractivity contribution in [2.24, 2.45) is 5.41 Å². The minimum Gasteiger partial charge on any atom is -0.322 e. The summed E-state index contributed by atoms with van der Waals surface area (Å²) < 4.78 is 0. The third-order valence-electron chi connectivity index (χ3n) is 8.89. The van der Waals surface area contributed by atoms with Gasteiger partial charge in [0.15, 0.2) is 0 Å². The van der Waals surface area contributed by atoms with Crippen molar-refractivity contribution in [3.63, 3.8) is 0 Å². The molecule has 0 heterocycles. The van der Waals surface area contributed by atoms with Gasteiger partial charge in [0.05, 0.1) is 5.56 Å². The lowest BCUT2D eigenvalue weighted by Crippen LogP contribution is -2.27. The van der Waals surface area contributed by atoms with E-state index in [0.29, 0.717) is 5.56 Å². The molecule has 1 amide bonds. The van der Waals surface area contributed by atoms with Crippen LogP contribution in [0.5, 0.6) is 0 Å². The van der Waals surface area contributed by atoms with Crippen LogP contribution in [-0.2, 0) is 5.41 Å². The van der Waals surface area contributed by atoms with E-state index in [1.807, 2.05) is 48.5 Å². The summed E-state index contributed by atoms with van der Waals surface area (Å²) in [5.74, 6) is -0.0962. The van der Waals surface area contributed by atoms with Crippen molar-refractivity contribution < 1.29 is 4.79 Å². The fourth-order valence-electron chi connectivity index (χ4n) is 7.11. The summed E-state index contributed by atoms with van der Waals surface area (Å²) >= 11 is 0. The number of nitrogens with one attached hydrogen (secondary N) is 1. The fraction of sp³-hybridized carbons (Fsp3) is 0.205. The lowest BCUT2D eigenvalue weighted by Gasteiger charge is -2.40. The summed E-state index contributed by atoms with van der Waals surface area (Å²) in [5.41, 5.74) is 9.54. The molecule has 202 valence electrons. The van der Waals surface area contributed by atoms with Crippen molar-refractivity contribution in [2.45, 2.75) is 46.0 Å². The van der Waals surface area contributed by atoms with Crippen LogP contribution in [0.3, 0.4) is 0 Å². The molecule has 2 nitrogen and oxygen atoms in total. The Bertz CT molecular complexity index is 1920. The maximum atomic E-state index is 13.8. The van der Waals surface area contributed by atoms with Gasteiger partial charge in [-0.2, -0.15) is 0 Å². The minimum absolute atomic E-state index is 0.0418. The van der Waals surface area contributed by atoms with Crippen molar-refractivity contribution in [2.75, 3.05) is 5.32 Å². The summed E-state index contributed by atoms with van der Waals surface area (Å²) in [6.07, 6.45) is 6.94. The predicted octanol–water partition coefficient (Wildman–Crippen LogP) is 10.3. The molecule has 1 N–H and O–H groups in total. The van der Waals surface area contributed by atoms with E-state index in [-0.39, 0.29) is 16.7 Å². The Morgan fingerprint density at radius 3 is 2.27 bits per heavy atom. The van der Waals surface area contributed by atoms with E-state index in [0.717, 1.165) is 40.4 Å². The Morgan fingerprint density at radius 1 is 0.707 bits per heavy atom. The summed E-state index contributed by atoms with van der Waals surface area (Å²) in [7, 11) is 0. The SMILES string of the molecule is CC1(C)C=CC2=C(C1)CC(C)(C)c1c2ccc2cc(-c3ccc4ccccc4c3C(=O)Nc3ccccc3)ccc12. The van der Waals surface area contributed by atoms with Gasteiger partial charge in [-0.05, 0) is 91.2 Å². The Labute approximate surface area is 242 Å². The highest BCUT2D eigenvalue weighted by molar-refractivity contribution is 6.17. The number of hydrogen-bond acceptors (Lipinski definition) is 1. The molecule has 0 bridgehead atoms. The van der Waals surface area contributed by atoms with E-state index in [2.05, 4.69) is 93.7 Å². The number of rotatable bonds is 3. The van der Waals surface area contributed by atoms with E-state index < -0.39 is 0 Å². The number of carbonyl (C=O) groups is 1. The van der Waals surface area contributed by atoms with Crippen LogP contribution in [0.25, 0.3) is 38.2 Å². The average Bonchev–Trinajstić information content (AvgIpc) is 2.95. The lowest BCUT2D eigenvalue weighted by molar-refractivity contribution is 0.102. The molecule has 0 saturated carbocycles. The zero-order valence-electron chi connectivity index (χ0n) is 24.2. The Morgan fingerprint density at radius 2 is 1.44 bits per heavy atom. The molecule has 41 heavy (non-hydrogen) atoms. The average molecular weight is 534 g/mol. The maximum Gasteiger partial charge on any atom is 0.256 e. The molecule has 0 unspecified atom stereocenters. The number of benzene rings is 5. The van der Waals surface area contributed by atoms with Gasteiger partial charge in [-0.3, -0.25) is 4.79 Å². The van der Waals surface area contributed by atoms with Crippen LogP contribution < -0.4 is 5.32 Å². The van der Waals surface area contributed by atoms with Gasteiger partial charge in [-0.25, -0.2) is 0 Å². The van der Waals surface area contributed by atoms with Crippen LogP contribution in [-0.4, -0.2) is 5.91 Å². The largest absolute Gasteiger partial charge is 0.322 e. The monoisotopic (exact) mass is 533 g/mol. The Balaban J connectivity index is 1.38. The van der Waals surface area contributed by atoms with Gasteiger partial charge in [-0.1, -0.05) is 124 Å². The molecule has 2 aliphatic rings. The van der Waals surface area contributed by atoms with Gasteiger partial charge in [-0.15, -0.1) is 0 Å². The van der Waals surface area contributed by atoms with E-state index in [1.54, 1.807) is 5.57 Å². The number of anilines is 1. The Hall–Kier alpha value is -4.43. The first-order chi connectivity index (χ1) is 19.7. The van der Waals surface area contributed by atoms with Crippen molar-refractivity contribution in [3.05, 3.63) is 131 Å². The number of allylic oxidation sites excluding steroid dienone is 4. The number of fused-ring (bicyclic) bond motifs is 5. The molecule has 0 fully saturated rings. The molecule has 0 aliphatic heterocycles. The molecule has 7 rings (SSSR count). The van der Waals surface area contributed by atoms with E-state index in [4.69, 9.17) is 0 Å². The van der Waals surface area contributed by atoms with Gasteiger partial charge in [0.25, 0.3) is 5.91 Å². The first-order valence-corrected chi connectivity index (χ1v) is 14.6. The van der Waals surface area contributed by atoms with Gasteiger partial charge < -0.3 is 5.32 Å². The summed E-state index contributed by atoms with van der Waals surface area (Å²) in [6, 6.07) is 33.4. The highest BCUT2D eigenvalue weighted by Crippen LogP contribution is 2.51. The van der Waals surface area contributed by atoms with E-state index in [1.165, 1.54) is 27.5 Å². The first-order valence-electron chi connectivity index (χ1n) is 14.6. The zero-order chi connectivity index (χ0) is 28.4. The summed E-state index contributed by atoms with van der Waals surface area (Å²) in [5, 5.41) is 7.65. The lowest BCUT2D eigenvalue weighted by atomic mass is 9.64. The third kappa shape index (κ3) is 4.39. The van der Waals surface area contributed by atoms with Crippen molar-refractivity contribution in [3.8, 4) is 11.1 Å². The van der Waals surface area contributed by atoms with Crippen LogP contribution >= 0.6 is 0 Å². The highest BCUT2D eigenvalue weighted by atomic mass is 16.1. The molecule has 5 aromatic carbocycles. The van der Waals surface area contributed by atoms with E-state index in [9.17, 15) is 4.79 Å². The quantitative estimate of drug-likeness (QED) is 0.246.